The number of nitro groups is 1. The smallest absolute Gasteiger partial charge is 0.335 e. The van der Waals surface area contributed by atoms with Crippen molar-refractivity contribution >= 4 is 11.7 Å². The highest BCUT2D eigenvalue weighted by Crippen LogP contribution is 2.29. The predicted octanol–water partition coefficient (Wildman–Crippen LogP) is 0.352. The molecule has 1 rings (SSSR count). The van der Waals surface area contributed by atoms with E-state index in [9.17, 15) is 28.8 Å². The topological polar surface area (TPSA) is 121 Å². The summed E-state index contributed by atoms with van der Waals surface area (Å²) in [5.41, 5.74) is -1.85. The maximum absolute atomic E-state index is 12.9. The number of carbonyl (C=O) groups is 1. The van der Waals surface area contributed by atoms with Gasteiger partial charge in [-0.2, -0.15) is 0 Å². The van der Waals surface area contributed by atoms with Gasteiger partial charge in [-0.1, -0.05) is 0 Å². The SMILES string of the molecule is O=C(O)C(O)C(O)c1cc(F)c(F)cc1[N+](=O)[O-]. The van der Waals surface area contributed by atoms with Gasteiger partial charge in [0.15, 0.2) is 17.7 Å². The van der Waals surface area contributed by atoms with Crippen molar-refractivity contribution in [3.8, 4) is 0 Å². The monoisotopic (exact) mass is 263 g/mol. The minimum absolute atomic E-state index is 0.197. The number of benzene rings is 1. The number of aliphatic hydroxyl groups is 2. The van der Waals surface area contributed by atoms with Crippen molar-refractivity contribution in [2.75, 3.05) is 0 Å². The Hall–Kier alpha value is -2.13. The van der Waals surface area contributed by atoms with Gasteiger partial charge >= 0.3 is 5.97 Å². The first kappa shape index (κ1) is 13.9. The molecule has 0 bridgehead atoms. The number of carboxylic acids is 1. The van der Waals surface area contributed by atoms with Crippen molar-refractivity contribution in [3.05, 3.63) is 39.4 Å². The number of aliphatic hydroxyl groups excluding tert-OH is 2. The Morgan fingerprint density at radius 2 is 1.78 bits per heavy atom. The van der Waals surface area contributed by atoms with Gasteiger partial charge in [-0.3, -0.25) is 10.1 Å². The van der Waals surface area contributed by atoms with Crippen LogP contribution < -0.4 is 0 Å². The highest BCUT2D eigenvalue weighted by molar-refractivity contribution is 5.73. The van der Waals surface area contributed by atoms with Crippen LogP contribution in [0.15, 0.2) is 12.1 Å². The zero-order chi connectivity index (χ0) is 14.0. The number of hydrogen-bond acceptors (Lipinski definition) is 5. The largest absolute Gasteiger partial charge is 0.479 e. The van der Waals surface area contributed by atoms with E-state index in [-0.39, 0.29) is 12.1 Å². The Morgan fingerprint density at radius 3 is 2.22 bits per heavy atom. The van der Waals surface area contributed by atoms with E-state index >= 15 is 0 Å². The predicted molar refractivity (Wildman–Crippen MR) is 51.6 cm³/mol. The molecule has 9 heteroatoms. The fourth-order valence-corrected chi connectivity index (χ4v) is 1.25. The second-order valence-electron chi connectivity index (χ2n) is 3.31. The molecule has 18 heavy (non-hydrogen) atoms. The minimum atomic E-state index is -2.39. The molecule has 0 heterocycles. The molecule has 0 saturated heterocycles. The summed E-state index contributed by atoms with van der Waals surface area (Å²) in [6.45, 7) is 0. The van der Waals surface area contributed by atoms with E-state index in [1.807, 2.05) is 0 Å². The van der Waals surface area contributed by atoms with E-state index < -0.39 is 46.0 Å². The van der Waals surface area contributed by atoms with Crippen LogP contribution in [0.1, 0.15) is 11.7 Å². The summed E-state index contributed by atoms with van der Waals surface area (Å²) in [6.07, 6.45) is -4.65. The third kappa shape index (κ3) is 2.57. The van der Waals surface area contributed by atoms with Crippen molar-refractivity contribution in [3.63, 3.8) is 0 Å². The molecule has 2 atom stereocenters. The zero-order valence-electron chi connectivity index (χ0n) is 8.58. The van der Waals surface area contributed by atoms with Gasteiger partial charge in [0.1, 0.15) is 6.10 Å². The molecular weight excluding hydrogens is 256 g/mol. The van der Waals surface area contributed by atoms with Gasteiger partial charge in [-0.05, 0) is 6.07 Å². The van der Waals surface area contributed by atoms with Gasteiger partial charge in [0, 0.05) is 0 Å². The molecule has 0 fully saturated rings. The van der Waals surface area contributed by atoms with Crippen molar-refractivity contribution < 1.29 is 33.8 Å². The quantitative estimate of drug-likeness (QED) is 0.532. The van der Waals surface area contributed by atoms with Crippen LogP contribution in [0.4, 0.5) is 14.5 Å². The van der Waals surface area contributed by atoms with E-state index in [0.717, 1.165) is 0 Å². The van der Waals surface area contributed by atoms with Crippen molar-refractivity contribution in [2.24, 2.45) is 0 Å². The number of nitrogens with zero attached hydrogens (tertiary/aromatic N) is 1. The fourth-order valence-electron chi connectivity index (χ4n) is 1.25. The second kappa shape index (κ2) is 5.02. The van der Waals surface area contributed by atoms with Crippen LogP contribution in [0.2, 0.25) is 0 Å². The lowest BCUT2D eigenvalue weighted by molar-refractivity contribution is -0.386. The molecule has 1 aromatic rings. The van der Waals surface area contributed by atoms with E-state index in [0.29, 0.717) is 0 Å². The van der Waals surface area contributed by atoms with Crippen LogP contribution in [0, 0.1) is 21.7 Å². The fraction of sp³-hybridized carbons (Fsp3) is 0.222. The van der Waals surface area contributed by atoms with Crippen molar-refractivity contribution in [2.45, 2.75) is 12.2 Å². The highest BCUT2D eigenvalue weighted by Gasteiger charge is 2.32. The molecular formula is C9H7F2NO6. The van der Waals surface area contributed by atoms with Crippen LogP contribution in [0.3, 0.4) is 0 Å². The van der Waals surface area contributed by atoms with Crippen LogP contribution in [-0.4, -0.2) is 32.3 Å². The van der Waals surface area contributed by atoms with Gasteiger partial charge in [0.2, 0.25) is 0 Å². The third-order valence-corrected chi connectivity index (χ3v) is 2.14. The Balaban J connectivity index is 3.34. The van der Waals surface area contributed by atoms with E-state index in [4.69, 9.17) is 10.2 Å². The first-order chi connectivity index (χ1) is 8.25. The molecule has 0 aliphatic rings. The lowest BCUT2D eigenvalue weighted by Crippen LogP contribution is -2.28. The first-order valence-corrected chi connectivity index (χ1v) is 4.48. The average Bonchev–Trinajstić information content (AvgIpc) is 2.29. The summed E-state index contributed by atoms with van der Waals surface area (Å²) in [4.78, 5) is 19.8. The van der Waals surface area contributed by atoms with Gasteiger partial charge in [-0.15, -0.1) is 0 Å². The van der Waals surface area contributed by atoms with Gasteiger partial charge in [-0.25, -0.2) is 13.6 Å². The molecule has 98 valence electrons. The summed E-state index contributed by atoms with van der Waals surface area (Å²) in [7, 11) is 0. The number of hydrogen-bond donors (Lipinski definition) is 3. The summed E-state index contributed by atoms with van der Waals surface area (Å²) in [5.74, 6) is -4.89. The molecule has 0 spiro atoms. The van der Waals surface area contributed by atoms with E-state index in [1.165, 1.54) is 0 Å². The van der Waals surface area contributed by atoms with E-state index in [1.54, 1.807) is 0 Å². The normalized spacial score (nSPS) is 14.0. The summed E-state index contributed by atoms with van der Waals surface area (Å²) in [5, 5.41) is 37.4. The number of rotatable bonds is 4. The molecule has 0 radical (unpaired) electrons. The van der Waals surface area contributed by atoms with Gasteiger partial charge in [0.25, 0.3) is 5.69 Å². The molecule has 0 aliphatic heterocycles. The number of carboxylic acid groups (broad SMARTS) is 1. The van der Waals surface area contributed by atoms with Crippen LogP contribution in [0.5, 0.6) is 0 Å². The van der Waals surface area contributed by atoms with Crippen LogP contribution >= 0.6 is 0 Å². The average molecular weight is 263 g/mol. The Labute approximate surface area is 98.1 Å². The summed E-state index contributed by atoms with van der Waals surface area (Å²) >= 11 is 0. The van der Waals surface area contributed by atoms with Crippen molar-refractivity contribution in [1.82, 2.24) is 0 Å². The molecule has 1 aromatic carbocycles. The van der Waals surface area contributed by atoms with Crippen LogP contribution in [-0.2, 0) is 4.79 Å². The minimum Gasteiger partial charge on any atom is -0.479 e. The van der Waals surface area contributed by atoms with Crippen molar-refractivity contribution in [1.29, 1.82) is 0 Å². The Bertz CT molecular complexity index is 506. The van der Waals surface area contributed by atoms with Crippen LogP contribution in [0.25, 0.3) is 0 Å². The lowest BCUT2D eigenvalue weighted by Gasteiger charge is -2.14. The summed E-state index contributed by atoms with van der Waals surface area (Å²) in [6, 6.07) is 0.465. The maximum atomic E-state index is 12.9. The highest BCUT2D eigenvalue weighted by atomic mass is 19.2. The zero-order valence-corrected chi connectivity index (χ0v) is 8.58. The second-order valence-corrected chi connectivity index (χ2v) is 3.31. The maximum Gasteiger partial charge on any atom is 0.335 e. The van der Waals surface area contributed by atoms with Gasteiger partial charge < -0.3 is 15.3 Å². The molecule has 7 nitrogen and oxygen atoms in total. The standard InChI is InChI=1S/C9H7F2NO6/c10-4-1-3(7(13)8(14)9(15)16)6(12(17)18)2-5(4)11/h1-2,7-8,13-14H,(H,15,16). The molecule has 0 aliphatic carbocycles. The lowest BCUT2D eigenvalue weighted by atomic mass is 10.0. The Kier molecular flexibility index (Phi) is 3.89. The molecule has 0 saturated carbocycles. The Morgan fingerprint density at radius 1 is 1.28 bits per heavy atom. The molecule has 3 N–H and O–H groups in total. The third-order valence-electron chi connectivity index (χ3n) is 2.14. The molecule has 0 amide bonds. The number of aliphatic carboxylic acids is 1. The van der Waals surface area contributed by atoms with E-state index in [2.05, 4.69) is 0 Å². The number of halogens is 2. The molecule has 0 aromatic heterocycles. The molecule has 2 unspecified atom stereocenters. The first-order valence-electron chi connectivity index (χ1n) is 4.48. The number of nitro benzene ring substituents is 1. The van der Waals surface area contributed by atoms with Gasteiger partial charge in [0.05, 0.1) is 16.6 Å². The summed E-state index contributed by atoms with van der Waals surface area (Å²) < 4.78 is 25.7.